The molecule has 3 rings (SSSR count). The zero-order valence-electron chi connectivity index (χ0n) is 10.9. The SMILES string of the molecule is CNc1nnc(-c2cc3c(C)c(C(N)=O)cnn3c2)o1. The maximum Gasteiger partial charge on any atom is 0.315 e. The highest BCUT2D eigenvalue weighted by atomic mass is 16.4. The average molecular weight is 272 g/mol. The van der Waals surface area contributed by atoms with Crippen molar-refractivity contribution in [3.63, 3.8) is 0 Å². The van der Waals surface area contributed by atoms with Gasteiger partial charge < -0.3 is 15.5 Å². The number of nitrogens with zero attached hydrogens (tertiary/aromatic N) is 4. The van der Waals surface area contributed by atoms with E-state index in [0.717, 1.165) is 16.6 Å². The van der Waals surface area contributed by atoms with Crippen molar-refractivity contribution in [1.82, 2.24) is 19.8 Å². The van der Waals surface area contributed by atoms with E-state index in [1.54, 1.807) is 17.8 Å². The van der Waals surface area contributed by atoms with Crippen molar-refractivity contribution in [2.24, 2.45) is 5.73 Å². The number of aromatic nitrogens is 4. The van der Waals surface area contributed by atoms with E-state index >= 15 is 0 Å². The van der Waals surface area contributed by atoms with Crippen LogP contribution in [-0.2, 0) is 0 Å². The normalized spacial score (nSPS) is 10.9. The van der Waals surface area contributed by atoms with Gasteiger partial charge in [0.25, 0.3) is 11.8 Å². The molecule has 0 saturated heterocycles. The topological polar surface area (TPSA) is 111 Å². The van der Waals surface area contributed by atoms with Gasteiger partial charge in [-0.05, 0) is 18.6 Å². The van der Waals surface area contributed by atoms with E-state index < -0.39 is 5.91 Å². The fourth-order valence-electron chi connectivity index (χ4n) is 1.99. The maximum absolute atomic E-state index is 11.3. The van der Waals surface area contributed by atoms with Gasteiger partial charge in [0.15, 0.2) is 0 Å². The maximum atomic E-state index is 11.3. The second-order valence-electron chi connectivity index (χ2n) is 4.27. The van der Waals surface area contributed by atoms with Crippen LogP contribution in [0, 0.1) is 6.92 Å². The Bertz CT molecular complexity index is 803. The first-order chi connectivity index (χ1) is 9.60. The van der Waals surface area contributed by atoms with Crippen LogP contribution in [0.1, 0.15) is 15.9 Å². The number of aryl methyl sites for hydroxylation is 1. The van der Waals surface area contributed by atoms with Crippen molar-refractivity contribution in [2.75, 3.05) is 12.4 Å². The standard InChI is InChI=1S/C12H12N6O2/c1-6-8(10(13)19)4-15-18-5-7(3-9(6)18)11-16-17-12(14-2)20-11/h3-5H,1-2H3,(H2,13,19)(H,14,17). The lowest BCUT2D eigenvalue weighted by atomic mass is 10.1. The van der Waals surface area contributed by atoms with E-state index in [0.29, 0.717) is 17.5 Å². The highest BCUT2D eigenvalue weighted by Crippen LogP contribution is 2.24. The van der Waals surface area contributed by atoms with Crippen molar-refractivity contribution in [2.45, 2.75) is 6.92 Å². The van der Waals surface area contributed by atoms with Gasteiger partial charge in [0.1, 0.15) is 0 Å². The quantitative estimate of drug-likeness (QED) is 0.730. The predicted octanol–water partition coefficient (Wildman–Crippen LogP) is 0.833. The highest BCUT2D eigenvalue weighted by Gasteiger charge is 2.14. The molecule has 0 aromatic carbocycles. The van der Waals surface area contributed by atoms with Gasteiger partial charge in [-0.3, -0.25) is 4.79 Å². The zero-order chi connectivity index (χ0) is 14.3. The Morgan fingerprint density at radius 1 is 1.45 bits per heavy atom. The van der Waals surface area contributed by atoms with Gasteiger partial charge in [0.05, 0.1) is 22.8 Å². The Morgan fingerprint density at radius 2 is 2.25 bits per heavy atom. The molecule has 0 atom stereocenters. The van der Waals surface area contributed by atoms with E-state index in [2.05, 4.69) is 20.6 Å². The Hall–Kier alpha value is -2.90. The van der Waals surface area contributed by atoms with E-state index in [1.807, 2.05) is 13.0 Å². The van der Waals surface area contributed by atoms with Gasteiger partial charge in [-0.1, -0.05) is 5.10 Å². The molecule has 3 aromatic rings. The molecule has 0 aliphatic rings. The Balaban J connectivity index is 2.15. The number of amides is 1. The van der Waals surface area contributed by atoms with Crippen LogP contribution in [0.5, 0.6) is 0 Å². The van der Waals surface area contributed by atoms with Crippen molar-refractivity contribution in [3.05, 3.63) is 29.6 Å². The van der Waals surface area contributed by atoms with Gasteiger partial charge >= 0.3 is 6.01 Å². The van der Waals surface area contributed by atoms with Crippen LogP contribution in [-0.4, -0.2) is 32.8 Å². The first-order valence-electron chi connectivity index (χ1n) is 5.89. The third-order valence-corrected chi connectivity index (χ3v) is 3.05. The van der Waals surface area contributed by atoms with Gasteiger partial charge in [-0.15, -0.1) is 5.10 Å². The average Bonchev–Trinajstić information content (AvgIpc) is 3.04. The van der Waals surface area contributed by atoms with Crippen LogP contribution in [0.2, 0.25) is 0 Å². The summed E-state index contributed by atoms with van der Waals surface area (Å²) < 4.78 is 7.04. The summed E-state index contributed by atoms with van der Waals surface area (Å²) in [7, 11) is 1.69. The number of primary amides is 1. The summed E-state index contributed by atoms with van der Waals surface area (Å²) in [5.74, 6) is -0.129. The minimum absolute atomic E-state index is 0.331. The summed E-state index contributed by atoms with van der Waals surface area (Å²) in [6.07, 6.45) is 3.20. The fraction of sp³-hybridized carbons (Fsp3) is 0.167. The largest absolute Gasteiger partial charge is 0.403 e. The molecule has 0 aliphatic heterocycles. The lowest BCUT2D eigenvalue weighted by molar-refractivity contribution is 0.0999. The number of rotatable bonds is 3. The molecule has 8 nitrogen and oxygen atoms in total. The van der Waals surface area contributed by atoms with E-state index in [1.165, 1.54) is 6.20 Å². The third kappa shape index (κ3) is 1.78. The Morgan fingerprint density at radius 3 is 2.90 bits per heavy atom. The molecule has 3 heterocycles. The van der Waals surface area contributed by atoms with E-state index in [-0.39, 0.29) is 0 Å². The molecule has 1 amide bonds. The predicted molar refractivity (Wildman–Crippen MR) is 71.3 cm³/mol. The van der Waals surface area contributed by atoms with Crippen LogP contribution in [0.3, 0.4) is 0 Å². The molecule has 0 fully saturated rings. The van der Waals surface area contributed by atoms with Crippen molar-refractivity contribution < 1.29 is 9.21 Å². The molecule has 8 heteroatoms. The molecular weight excluding hydrogens is 260 g/mol. The summed E-state index contributed by atoms with van der Waals surface area (Å²) in [6.45, 7) is 1.81. The van der Waals surface area contributed by atoms with Crippen molar-refractivity contribution >= 4 is 17.4 Å². The Labute approximate surface area is 113 Å². The second-order valence-corrected chi connectivity index (χ2v) is 4.27. The minimum atomic E-state index is -0.504. The van der Waals surface area contributed by atoms with Crippen LogP contribution in [0.25, 0.3) is 17.0 Å². The summed E-state index contributed by atoms with van der Waals surface area (Å²) >= 11 is 0. The summed E-state index contributed by atoms with van der Waals surface area (Å²) in [6, 6.07) is 2.15. The third-order valence-electron chi connectivity index (χ3n) is 3.05. The zero-order valence-corrected chi connectivity index (χ0v) is 10.9. The van der Waals surface area contributed by atoms with Gasteiger partial charge in [0, 0.05) is 13.2 Å². The number of fused-ring (bicyclic) bond motifs is 1. The Kier molecular flexibility index (Phi) is 2.63. The lowest BCUT2D eigenvalue weighted by Crippen LogP contribution is -2.14. The molecule has 0 spiro atoms. The number of nitrogens with one attached hydrogen (secondary N) is 1. The van der Waals surface area contributed by atoms with Gasteiger partial charge in [-0.25, -0.2) is 4.52 Å². The number of carbonyl (C=O) groups is 1. The molecular formula is C12H12N6O2. The number of hydrogen-bond donors (Lipinski definition) is 2. The fourth-order valence-corrected chi connectivity index (χ4v) is 1.99. The van der Waals surface area contributed by atoms with E-state index in [9.17, 15) is 4.79 Å². The van der Waals surface area contributed by atoms with Gasteiger partial charge in [0.2, 0.25) is 0 Å². The molecule has 3 aromatic heterocycles. The number of carbonyl (C=O) groups excluding carboxylic acids is 1. The summed E-state index contributed by atoms with van der Waals surface area (Å²) in [4.78, 5) is 11.3. The second kappa shape index (κ2) is 4.34. The number of nitrogens with two attached hydrogens (primary N) is 1. The molecule has 0 radical (unpaired) electrons. The van der Waals surface area contributed by atoms with Crippen molar-refractivity contribution in [1.29, 1.82) is 0 Å². The molecule has 0 saturated carbocycles. The van der Waals surface area contributed by atoms with Crippen LogP contribution >= 0.6 is 0 Å². The first kappa shape index (κ1) is 12.2. The molecule has 20 heavy (non-hydrogen) atoms. The molecule has 0 bridgehead atoms. The monoisotopic (exact) mass is 272 g/mol. The van der Waals surface area contributed by atoms with Crippen molar-refractivity contribution in [3.8, 4) is 11.5 Å². The summed E-state index contributed by atoms with van der Waals surface area (Å²) in [5, 5.41) is 14.7. The summed E-state index contributed by atoms with van der Waals surface area (Å²) in [5.41, 5.74) is 7.94. The lowest BCUT2D eigenvalue weighted by Gasteiger charge is -2.02. The molecule has 0 unspecified atom stereocenters. The van der Waals surface area contributed by atoms with Gasteiger partial charge in [-0.2, -0.15) is 5.10 Å². The number of hydrogen-bond acceptors (Lipinski definition) is 6. The minimum Gasteiger partial charge on any atom is -0.403 e. The molecule has 0 aliphatic carbocycles. The number of anilines is 1. The molecule has 3 N–H and O–H groups in total. The highest BCUT2D eigenvalue weighted by molar-refractivity contribution is 5.95. The smallest absolute Gasteiger partial charge is 0.315 e. The molecule has 102 valence electrons. The van der Waals surface area contributed by atoms with E-state index in [4.69, 9.17) is 10.2 Å². The first-order valence-corrected chi connectivity index (χ1v) is 5.89. The van der Waals surface area contributed by atoms with Crippen LogP contribution in [0.4, 0.5) is 6.01 Å². The van der Waals surface area contributed by atoms with Crippen LogP contribution in [0.15, 0.2) is 22.9 Å². The van der Waals surface area contributed by atoms with Crippen LogP contribution < -0.4 is 11.1 Å².